The molecule has 3 aromatic rings. The summed E-state index contributed by atoms with van der Waals surface area (Å²) in [6.45, 7) is 2.14. The van der Waals surface area contributed by atoms with Crippen LogP contribution in [0.25, 0.3) is 5.76 Å². The molecule has 1 amide bonds. The first-order chi connectivity index (χ1) is 18.4. The molecule has 38 heavy (non-hydrogen) atoms. The molecular formula is C30H29NO7. The zero-order valence-corrected chi connectivity index (χ0v) is 21.7. The van der Waals surface area contributed by atoms with E-state index in [4.69, 9.17) is 18.9 Å². The maximum absolute atomic E-state index is 13.5. The van der Waals surface area contributed by atoms with Gasteiger partial charge in [-0.2, -0.15) is 0 Å². The topological polar surface area (TPSA) is 94.5 Å². The number of nitrogens with zero attached hydrogens (tertiary/aromatic N) is 1. The summed E-state index contributed by atoms with van der Waals surface area (Å²) in [5.74, 6) is 0.160. The number of amides is 1. The molecule has 0 radical (unpaired) electrons. The third-order valence-electron chi connectivity index (χ3n) is 6.91. The van der Waals surface area contributed by atoms with E-state index in [-0.39, 0.29) is 24.0 Å². The van der Waals surface area contributed by atoms with Gasteiger partial charge in [-0.25, -0.2) is 0 Å². The van der Waals surface area contributed by atoms with Gasteiger partial charge in [0.15, 0.2) is 11.5 Å². The Bertz CT molecular complexity index is 1400. The van der Waals surface area contributed by atoms with Crippen LogP contribution in [0.3, 0.4) is 0 Å². The van der Waals surface area contributed by atoms with Crippen LogP contribution in [0.4, 0.5) is 0 Å². The number of fused-ring (bicyclic) bond motifs is 1. The van der Waals surface area contributed by atoms with Gasteiger partial charge >= 0.3 is 0 Å². The summed E-state index contributed by atoms with van der Waals surface area (Å²) >= 11 is 0. The van der Waals surface area contributed by atoms with Crippen molar-refractivity contribution in [1.29, 1.82) is 0 Å². The van der Waals surface area contributed by atoms with Crippen molar-refractivity contribution in [3.8, 4) is 23.0 Å². The number of carbonyl (C=O) groups excluding carboxylic acids is 2. The van der Waals surface area contributed by atoms with Crippen LogP contribution < -0.4 is 18.9 Å². The molecule has 0 bridgehead atoms. The van der Waals surface area contributed by atoms with Gasteiger partial charge in [0, 0.05) is 18.5 Å². The Hall–Kier alpha value is -4.46. The molecule has 3 aromatic carbocycles. The van der Waals surface area contributed by atoms with Gasteiger partial charge in [-0.1, -0.05) is 30.3 Å². The van der Waals surface area contributed by atoms with Gasteiger partial charge < -0.3 is 29.0 Å². The average Bonchev–Trinajstić information content (AvgIpc) is 3.43. The molecule has 5 rings (SSSR count). The molecule has 1 fully saturated rings. The van der Waals surface area contributed by atoms with E-state index in [1.807, 2.05) is 43.3 Å². The number of hydrogen-bond donors (Lipinski definition) is 1. The average molecular weight is 516 g/mol. The number of likely N-dealkylation sites (tertiary alicyclic amines) is 1. The number of rotatable bonds is 7. The van der Waals surface area contributed by atoms with Crippen LogP contribution in [0.1, 0.15) is 35.2 Å². The summed E-state index contributed by atoms with van der Waals surface area (Å²) in [5.41, 5.74) is 2.75. The lowest BCUT2D eigenvalue weighted by Gasteiger charge is -2.26. The van der Waals surface area contributed by atoms with Crippen molar-refractivity contribution in [1.82, 2.24) is 4.90 Å². The lowest BCUT2D eigenvalue weighted by molar-refractivity contribution is -0.140. The van der Waals surface area contributed by atoms with Gasteiger partial charge in [0.1, 0.15) is 17.6 Å². The smallest absolute Gasteiger partial charge is 0.295 e. The van der Waals surface area contributed by atoms with E-state index in [1.165, 1.54) is 26.2 Å². The van der Waals surface area contributed by atoms with Crippen LogP contribution in [0.15, 0.2) is 66.2 Å². The highest BCUT2D eigenvalue weighted by atomic mass is 16.5. The van der Waals surface area contributed by atoms with Crippen LogP contribution in [0.5, 0.6) is 23.0 Å². The van der Waals surface area contributed by atoms with Crippen molar-refractivity contribution in [3.05, 3.63) is 88.5 Å². The fraction of sp³-hybridized carbons (Fsp3) is 0.267. The molecule has 8 heteroatoms. The largest absolute Gasteiger partial charge is 0.507 e. The lowest BCUT2D eigenvalue weighted by Crippen LogP contribution is -2.29. The second kappa shape index (κ2) is 10.1. The molecular weight excluding hydrogens is 486 g/mol. The number of benzene rings is 3. The van der Waals surface area contributed by atoms with Crippen LogP contribution >= 0.6 is 0 Å². The zero-order chi connectivity index (χ0) is 27.0. The third-order valence-corrected chi connectivity index (χ3v) is 6.91. The van der Waals surface area contributed by atoms with Crippen LogP contribution in [0, 0.1) is 0 Å². The summed E-state index contributed by atoms with van der Waals surface area (Å²) < 4.78 is 22.3. The highest BCUT2D eigenvalue weighted by molar-refractivity contribution is 6.46. The second-order valence-corrected chi connectivity index (χ2v) is 9.33. The monoisotopic (exact) mass is 515 g/mol. The van der Waals surface area contributed by atoms with Gasteiger partial charge in [-0.3, -0.25) is 9.59 Å². The maximum Gasteiger partial charge on any atom is 0.295 e. The van der Waals surface area contributed by atoms with Gasteiger partial charge in [0.05, 0.1) is 32.9 Å². The molecule has 196 valence electrons. The SMILES string of the molecule is COc1cc([C@@H]2/C(=C(\O)c3ccc4c(c3)C[C@@H](C)O4)C(=O)C(=O)N2Cc2ccccc2)cc(OC)c1OC. The molecule has 0 unspecified atom stereocenters. The van der Waals surface area contributed by atoms with E-state index in [0.29, 0.717) is 34.8 Å². The van der Waals surface area contributed by atoms with Crippen molar-refractivity contribution >= 4 is 17.4 Å². The standard InChI is InChI=1S/C30H29NO7/c1-17-12-20-13-19(10-11-22(20)38-17)27(32)25-26(21-14-23(35-2)29(37-4)24(15-21)36-3)31(30(34)28(25)33)16-18-8-6-5-7-9-18/h5-11,13-15,17,26,32H,12,16H2,1-4H3/b27-25+/t17-,26-/m1/s1. The minimum absolute atomic E-state index is 0.00730. The Labute approximate surface area is 221 Å². The molecule has 0 aromatic heterocycles. The third kappa shape index (κ3) is 4.32. The van der Waals surface area contributed by atoms with E-state index in [1.54, 1.807) is 24.3 Å². The molecule has 1 saturated heterocycles. The molecule has 1 N–H and O–H groups in total. The Balaban J connectivity index is 1.69. The van der Waals surface area contributed by atoms with Crippen molar-refractivity contribution in [2.24, 2.45) is 0 Å². The summed E-state index contributed by atoms with van der Waals surface area (Å²) in [7, 11) is 4.49. The maximum atomic E-state index is 13.5. The molecule has 2 atom stereocenters. The number of aliphatic hydroxyl groups excluding tert-OH is 1. The molecule has 0 saturated carbocycles. The van der Waals surface area contributed by atoms with Crippen LogP contribution in [-0.2, 0) is 22.6 Å². The van der Waals surface area contributed by atoms with E-state index in [9.17, 15) is 14.7 Å². The normalized spacial score (nSPS) is 19.7. The fourth-order valence-corrected chi connectivity index (χ4v) is 5.15. The minimum Gasteiger partial charge on any atom is -0.507 e. The second-order valence-electron chi connectivity index (χ2n) is 9.33. The first-order valence-corrected chi connectivity index (χ1v) is 12.3. The Morgan fingerprint density at radius 3 is 2.29 bits per heavy atom. The summed E-state index contributed by atoms with van der Waals surface area (Å²) in [5, 5.41) is 11.5. The van der Waals surface area contributed by atoms with Crippen molar-refractivity contribution in [3.63, 3.8) is 0 Å². The predicted molar refractivity (Wildman–Crippen MR) is 141 cm³/mol. The number of Topliss-reactive ketones (excluding diaryl/α,β-unsaturated/α-hetero) is 1. The van der Waals surface area contributed by atoms with Crippen LogP contribution in [0.2, 0.25) is 0 Å². The molecule has 2 aliphatic heterocycles. The highest BCUT2D eigenvalue weighted by Crippen LogP contribution is 2.46. The number of hydrogen-bond acceptors (Lipinski definition) is 7. The summed E-state index contributed by atoms with van der Waals surface area (Å²) in [4.78, 5) is 28.4. The minimum atomic E-state index is -0.896. The lowest BCUT2D eigenvalue weighted by atomic mass is 9.93. The molecule has 2 aliphatic rings. The van der Waals surface area contributed by atoms with E-state index in [0.717, 1.165) is 16.9 Å². The zero-order valence-electron chi connectivity index (χ0n) is 21.7. The summed E-state index contributed by atoms with van der Waals surface area (Å²) in [6, 6.07) is 17.2. The van der Waals surface area contributed by atoms with Crippen molar-refractivity contribution in [2.75, 3.05) is 21.3 Å². The van der Waals surface area contributed by atoms with Crippen molar-refractivity contribution in [2.45, 2.75) is 32.0 Å². The predicted octanol–water partition coefficient (Wildman–Crippen LogP) is 4.66. The van der Waals surface area contributed by atoms with E-state index < -0.39 is 17.7 Å². The molecule has 8 nitrogen and oxygen atoms in total. The van der Waals surface area contributed by atoms with E-state index in [2.05, 4.69) is 0 Å². The van der Waals surface area contributed by atoms with Gasteiger partial charge in [0.2, 0.25) is 5.75 Å². The van der Waals surface area contributed by atoms with Gasteiger partial charge in [0.25, 0.3) is 11.7 Å². The van der Waals surface area contributed by atoms with Gasteiger partial charge in [-0.05, 0) is 53.9 Å². The quantitative estimate of drug-likeness (QED) is 0.278. The number of carbonyl (C=O) groups is 2. The van der Waals surface area contributed by atoms with Crippen molar-refractivity contribution < 1.29 is 33.6 Å². The molecule has 2 heterocycles. The first-order valence-electron chi connectivity index (χ1n) is 12.3. The Morgan fingerprint density at radius 1 is 0.974 bits per heavy atom. The van der Waals surface area contributed by atoms with Crippen LogP contribution in [-0.4, -0.2) is 49.1 Å². The number of methoxy groups -OCH3 is 3. The van der Waals surface area contributed by atoms with Gasteiger partial charge in [-0.15, -0.1) is 0 Å². The number of ketones is 1. The fourth-order valence-electron chi connectivity index (χ4n) is 5.15. The molecule has 0 aliphatic carbocycles. The Kier molecular flexibility index (Phi) is 6.72. The van der Waals surface area contributed by atoms with E-state index >= 15 is 0 Å². The number of ether oxygens (including phenoxy) is 4. The number of aliphatic hydroxyl groups is 1. The Morgan fingerprint density at radius 2 is 1.66 bits per heavy atom. The highest BCUT2D eigenvalue weighted by Gasteiger charge is 2.46. The first kappa shape index (κ1) is 25.2. The summed E-state index contributed by atoms with van der Waals surface area (Å²) in [6.07, 6.45) is 0.716. The molecule has 0 spiro atoms.